The highest BCUT2D eigenvalue weighted by Crippen LogP contribution is 2.29. The molecule has 1 fully saturated rings. The lowest BCUT2D eigenvalue weighted by Crippen LogP contribution is -2.46. The van der Waals surface area contributed by atoms with Gasteiger partial charge in [0.15, 0.2) is 0 Å². The molecule has 0 aliphatic carbocycles. The highest BCUT2D eigenvalue weighted by Gasteiger charge is 2.21. The minimum absolute atomic E-state index is 0.752. The maximum Gasteiger partial charge on any atom is 0.229 e. The van der Waals surface area contributed by atoms with Crippen LogP contribution in [0.3, 0.4) is 0 Å². The normalized spacial score (nSPS) is 14.5. The predicted octanol–water partition coefficient (Wildman–Crippen LogP) is 4.57. The van der Waals surface area contributed by atoms with Gasteiger partial charge in [0, 0.05) is 63.6 Å². The van der Waals surface area contributed by atoms with E-state index in [1.165, 1.54) is 5.56 Å². The molecule has 1 aromatic heterocycles. The van der Waals surface area contributed by atoms with Crippen LogP contribution in [0, 0.1) is 6.92 Å². The summed E-state index contributed by atoms with van der Waals surface area (Å²) in [5, 5.41) is 3.93. The zero-order valence-electron chi connectivity index (χ0n) is 18.3. The fraction of sp³-hybridized carbons (Fsp3) is 0.333. The van der Waals surface area contributed by atoms with Gasteiger partial charge >= 0.3 is 0 Å². The first-order valence-electron chi connectivity index (χ1n) is 10.6. The van der Waals surface area contributed by atoms with Gasteiger partial charge in [-0.3, -0.25) is 4.90 Å². The Labute approximate surface area is 189 Å². The van der Waals surface area contributed by atoms with E-state index in [9.17, 15) is 0 Å². The van der Waals surface area contributed by atoms with Crippen LogP contribution in [0.15, 0.2) is 54.6 Å². The summed E-state index contributed by atoms with van der Waals surface area (Å²) in [6.07, 6.45) is 0. The molecular weight excluding hydrogens is 408 g/mol. The van der Waals surface area contributed by atoms with Crippen molar-refractivity contribution in [3.05, 3.63) is 70.7 Å². The number of halogens is 1. The van der Waals surface area contributed by atoms with Crippen molar-refractivity contribution in [2.24, 2.45) is 0 Å². The van der Waals surface area contributed by atoms with Crippen molar-refractivity contribution in [2.45, 2.75) is 13.5 Å². The third kappa shape index (κ3) is 5.09. The summed E-state index contributed by atoms with van der Waals surface area (Å²) in [6.45, 7) is 6.76. The van der Waals surface area contributed by atoms with E-state index in [2.05, 4.69) is 51.5 Å². The first-order valence-corrected chi connectivity index (χ1v) is 11.0. The van der Waals surface area contributed by atoms with Crippen LogP contribution in [0.1, 0.15) is 11.1 Å². The van der Waals surface area contributed by atoms with E-state index in [1.54, 1.807) is 0 Å². The lowest BCUT2D eigenvalue weighted by atomic mass is 10.2. The summed E-state index contributed by atoms with van der Waals surface area (Å²) in [7, 11) is 3.89. The first-order chi connectivity index (χ1) is 15.0. The Balaban J connectivity index is 1.49. The van der Waals surface area contributed by atoms with Crippen LogP contribution in [-0.4, -0.2) is 55.1 Å². The minimum atomic E-state index is 0.752. The summed E-state index contributed by atoms with van der Waals surface area (Å²) in [6, 6.07) is 18.7. The average Bonchev–Trinajstić information content (AvgIpc) is 2.81. The molecule has 0 radical (unpaired) electrons. The summed E-state index contributed by atoms with van der Waals surface area (Å²) >= 11 is 6.34. The van der Waals surface area contributed by atoms with E-state index < -0.39 is 0 Å². The molecule has 7 heteroatoms. The van der Waals surface area contributed by atoms with Crippen LogP contribution >= 0.6 is 11.6 Å². The number of benzene rings is 2. The van der Waals surface area contributed by atoms with Gasteiger partial charge in [-0.05, 0) is 30.2 Å². The van der Waals surface area contributed by atoms with E-state index in [4.69, 9.17) is 21.6 Å². The first kappa shape index (κ1) is 21.4. The third-order valence-electron chi connectivity index (χ3n) is 5.75. The van der Waals surface area contributed by atoms with Crippen LogP contribution in [0.25, 0.3) is 0 Å². The van der Waals surface area contributed by atoms with Crippen LogP contribution in [0.4, 0.5) is 23.3 Å². The number of nitrogens with one attached hydrogen (secondary N) is 1. The Kier molecular flexibility index (Phi) is 6.59. The zero-order valence-corrected chi connectivity index (χ0v) is 19.1. The predicted molar refractivity (Wildman–Crippen MR) is 130 cm³/mol. The van der Waals surface area contributed by atoms with E-state index in [0.717, 1.165) is 66.6 Å². The second-order valence-corrected chi connectivity index (χ2v) is 8.31. The lowest BCUT2D eigenvalue weighted by molar-refractivity contribution is 0.249. The quantitative estimate of drug-likeness (QED) is 0.610. The molecule has 0 atom stereocenters. The van der Waals surface area contributed by atoms with Gasteiger partial charge in [-0.25, -0.2) is 0 Å². The molecule has 2 aromatic carbocycles. The second-order valence-electron chi connectivity index (χ2n) is 7.90. The van der Waals surface area contributed by atoms with Crippen LogP contribution in [0.5, 0.6) is 0 Å². The molecule has 1 aliphatic rings. The van der Waals surface area contributed by atoms with Gasteiger partial charge in [0.05, 0.1) is 0 Å². The molecule has 0 bridgehead atoms. The van der Waals surface area contributed by atoms with E-state index in [-0.39, 0.29) is 0 Å². The maximum absolute atomic E-state index is 6.34. The fourth-order valence-electron chi connectivity index (χ4n) is 3.73. The molecule has 2 heterocycles. The number of aryl methyl sites for hydroxylation is 1. The van der Waals surface area contributed by atoms with Crippen molar-refractivity contribution >= 4 is 34.9 Å². The van der Waals surface area contributed by atoms with E-state index in [1.807, 2.05) is 44.1 Å². The summed E-state index contributed by atoms with van der Waals surface area (Å²) < 4.78 is 0. The van der Waals surface area contributed by atoms with Gasteiger partial charge in [-0.15, -0.1) is 0 Å². The molecule has 6 nitrogen and oxygen atoms in total. The molecule has 1 saturated heterocycles. The Morgan fingerprint density at radius 1 is 1.00 bits per heavy atom. The number of rotatable bonds is 6. The van der Waals surface area contributed by atoms with Gasteiger partial charge in [0.25, 0.3) is 0 Å². The average molecular weight is 437 g/mol. The number of nitrogens with zero attached hydrogens (tertiary/aromatic N) is 5. The van der Waals surface area contributed by atoms with Crippen molar-refractivity contribution in [3.8, 4) is 0 Å². The fourth-order valence-corrected chi connectivity index (χ4v) is 3.91. The number of hydrogen-bond donors (Lipinski definition) is 1. The molecule has 0 amide bonds. The van der Waals surface area contributed by atoms with Crippen molar-refractivity contribution in [2.75, 3.05) is 55.4 Å². The Hall–Kier alpha value is -2.83. The molecule has 1 aliphatic heterocycles. The summed E-state index contributed by atoms with van der Waals surface area (Å²) in [5.41, 5.74) is 3.41. The van der Waals surface area contributed by atoms with Gasteiger partial charge in [-0.1, -0.05) is 48.0 Å². The van der Waals surface area contributed by atoms with Gasteiger partial charge in [0.1, 0.15) is 11.6 Å². The molecule has 0 spiro atoms. The van der Waals surface area contributed by atoms with Crippen LogP contribution in [0.2, 0.25) is 5.02 Å². The maximum atomic E-state index is 6.34. The largest absolute Gasteiger partial charge is 0.373 e. The summed E-state index contributed by atoms with van der Waals surface area (Å²) in [5.74, 6) is 2.39. The molecule has 31 heavy (non-hydrogen) atoms. The highest BCUT2D eigenvalue weighted by molar-refractivity contribution is 6.31. The number of piperazine rings is 1. The number of aromatic nitrogens is 2. The molecule has 3 aromatic rings. The van der Waals surface area contributed by atoms with Crippen molar-refractivity contribution in [3.63, 3.8) is 0 Å². The minimum Gasteiger partial charge on any atom is -0.373 e. The number of anilines is 4. The lowest BCUT2D eigenvalue weighted by Gasteiger charge is -2.35. The second kappa shape index (κ2) is 9.54. The van der Waals surface area contributed by atoms with Gasteiger partial charge in [0.2, 0.25) is 5.95 Å². The number of hydrogen-bond acceptors (Lipinski definition) is 6. The highest BCUT2D eigenvalue weighted by atomic mass is 35.5. The van der Waals surface area contributed by atoms with Crippen molar-refractivity contribution < 1.29 is 0 Å². The molecule has 0 saturated carbocycles. The standard InChI is InChI=1S/C24H29ClN6/c1-18-9-10-20(15-21(18)25)29(3)23-16-22(26-2)27-24(28-23)31-13-11-30(12-14-31)17-19-7-5-4-6-8-19/h4-10,15-16H,11-14,17H2,1-3H3,(H,26,27,28). The zero-order chi connectivity index (χ0) is 21.8. The van der Waals surface area contributed by atoms with Crippen LogP contribution in [-0.2, 0) is 6.54 Å². The third-order valence-corrected chi connectivity index (χ3v) is 6.15. The van der Waals surface area contributed by atoms with E-state index in [0.29, 0.717) is 0 Å². The van der Waals surface area contributed by atoms with E-state index >= 15 is 0 Å². The monoisotopic (exact) mass is 436 g/mol. The topological polar surface area (TPSA) is 47.5 Å². The van der Waals surface area contributed by atoms with Crippen molar-refractivity contribution in [1.82, 2.24) is 14.9 Å². The molecule has 4 rings (SSSR count). The van der Waals surface area contributed by atoms with Crippen LogP contribution < -0.4 is 15.1 Å². The Morgan fingerprint density at radius 2 is 1.74 bits per heavy atom. The Bertz CT molecular complexity index is 1020. The SMILES string of the molecule is CNc1cc(N(C)c2ccc(C)c(Cl)c2)nc(N2CCN(Cc3ccccc3)CC2)n1. The summed E-state index contributed by atoms with van der Waals surface area (Å²) in [4.78, 5) is 16.4. The van der Waals surface area contributed by atoms with Gasteiger partial charge < -0.3 is 15.1 Å². The smallest absolute Gasteiger partial charge is 0.229 e. The molecule has 162 valence electrons. The molecule has 1 N–H and O–H groups in total. The van der Waals surface area contributed by atoms with Crippen molar-refractivity contribution in [1.29, 1.82) is 0 Å². The molecule has 0 unspecified atom stereocenters. The Morgan fingerprint density at radius 3 is 2.42 bits per heavy atom. The molecular formula is C24H29ClN6. The van der Waals surface area contributed by atoms with Gasteiger partial charge in [-0.2, -0.15) is 9.97 Å².